The maximum atomic E-state index is 9.34. The molecule has 0 amide bonds. The van der Waals surface area contributed by atoms with Crippen LogP contribution in [0.5, 0.6) is 23.0 Å². The maximum Gasteiger partial charge on any atom is 0.117 e. The molecule has 0 unspecified atom stereocenters. The summed E-state index contributed by atoms with van der Waals surface area (Å²) < 4.78 is 0. The van der Waals surface area contributed by atoms with Crippen LogP contribution >= 0.6 is 23.2 Å². The van der Waals surface area contributed by atoms with Gasteiger partial charge in [-0.1, -0.05) is 73.4 Å². The Morgan fingerprint density at radius 3 is 1.12 bits per heavy atom. The normalized spacial score (nSPS) is 10.8. The second kappa shape index (κ2) is 11.2. The maximum absolute atomic E-state index is 9.34. The zero-order valence-corrected chi connectivity index (χ0v) is 20.3. The van der Waals surface area contributed by atoms with Crippen molar-refractivity contribution in [2.45, 2.75) is 25.7 Å². The molecule has 0 aliphatic carbocycles. The average molecular weight is 497 g/mol. The highest BCUT2D eigenvalue weighted by Crippen LogP contribution is 2.36. The summed E-state index contributed by atoms with van der Waals surface area (Å²) in [7, 11) is 0. The molecular formula is C28H26Cl2O4. The first-order valence-corrected chi connectivity index (χ1v) is 11.5. The molecule has 4 rings (SSSR count). The van der Waals surface area contributed by atoms with Crippen molar-refractivity contribution in [1.82, 2.24) is 0 Å². The molecule has 34 heavy (non-hydrogen) atoms. The van der Waals surface area contributed by atoms with Gasteiger partial charge in [0, 0.05) is 21.9 Å². The van der Waals surface area contributed by atoms with E-state index in [0.717, 1.165) is 22.3 Å². The highest BCUT2D eigenvalue weighted by Gasteiger charge is 2.15. The third kappa shape index (κ3) is 6.37. The summed E-state index contributed by atoms with van der Waals surface area (Å²) in [4.78, 5) is 0. The highest BCUT2D eigenvalue weighted by atomic mass is 35.5. The van der Waals surface area contributed by atoms with Crippen molar-refractivity contribution in [1.29, 1.82) is 0 Å². The Morgan fingerprint density at radius 2 is 0.794 bits per heavy atom. The van der Waals surface area contributed by atoms with Crippen molar-refractivity contribution >= 4 is 23.2 Å². The SMILES string of the molecule is CC(c1ccc(O)cc1)c1ccc(O)cc1.CC(c1ccc(O)cc1Cl)c1ccc(O)cc1Cl. The van der Waals surface area contributed by atoms with E-state index in [2.05, 4.69) is 6.92 Å². The van der Waals surface area contributed by atoms with Gasteiger partial charge in [0.25, 0.3) is 0 Å². The summed E-state index contributed by atoms with van der Waals surface area (Å²) in [5, 5.41) is 38.1. The van der Waals surface area contributed by atoms with Crippen LogP contribution in [-0.2, 0) is 0 Å². The Kier molecular flexibility index (Phi) is 8.32. The number of rotatable bonds is 4. The molecule has 4 aromatic carbocycles. The largest absolute Gasteiger partial charge is 0.508 e. The zero-order valence-electron chi connectivity index (χ0n) is 18.8. The van der Waals surface area contributed by atoms with Crippen LogP contribution in [0.15, 0.2) is 84.9 Å². The van der Waals surface area contributed by atoms with Crippen LogP contribution in [-0.4, -0.2) is 20.4 Å². The summed E-state index contributed by atoms with van der Waals surface area (Å²) in [6.07, 6.45) is 0. The Labute approximate surface area is 209 Å². The minimum atomic E-state index is -0.0220. The summed E-state index contributed by atoms with van der Waals surface area (Å²) in [6.45, 7) is 4.06. The van der Waals surface area contributed by atoms with Crippen molar-refractivity contribution in [3.63, 3.8) is 0 Å². The van der Waals surface area contributed by atoms with E-state index >= 15 is 0 Å². The minimum Gasteiger partial charge on any atom is -0.508 e. The second-order valence-corrected chi connectivity index (χ2v) is 8.85. The molecule has 176 valence electrons. The molecule has 0 aliphatic heterocycles. The van der Waals surface area contributed by atoms with Gasteiger partial charge in [0.2, 0.25) is 0 Å². The van der Waals surface area contributed by atoms with Gasteiger partial charge in [0.15, 0.2) is 0 Å². The van der Waals surface area contributed by atoms with Gasteiger partial charge in [-0.25, -0.2) is 0 Å². The van der Waals surface area contributed by atoms with E-state index in [9.17, 15) is 20.4 Å². The van der Waals surface area contributed by atoms with Crippen molar-refractivity contribution in [2.24, 2.45) is 0 Å². The van der Waals surface area contributed by atoms with Crippen LogP contribution in [0.25, 0.3) is 0 Å². The van der Waals surface area contributed by atoms with E-state index in [-0.39, 0.29) is 34.8 Å². The fourth-order valence-corrected chi connectivity index (χ4v) is 4.30. The van der Waals surface area contributed by atoms with E-state index < -0.39 is 0 Å². The van der Waals surface area contributed by atoms with Gasteiger partial charge in [0.05, 0.1) is 0 Å². The van der Waals surface area contributed by atoms with Crippen molar-refractivity contribution in [2.75, 3.05) is 0 Å². The smallest absolute Gasteiger partial charge is 0.117 e. The molecule has 0 aromatic heterocycles. The Hall–Kier alpha value is -3.34. The van der Waals surface area contributed by atoms with Crippen molar-refractivity contribution in [3.05, 3.63) is 117 Å². The molecule has 0 radical (unpaired) electrons. The van der Waals surface area contributed by atoms with E-state index in [0.29, 0.717) is 10.0 Å². The van der Waals surface area contributed by atoms with Crippen molar-refractivity contribution < 1.29 is 20.4 Å². The fraction of sp³-hybridized carbons (Fsp3) is 0.143. The highest BCUT2D eigenvalue weighted by molar-refractivity contribution is 6.32. The third-order valence-electron chi connectivity index (χ3n) is 5.69. The van der Waals surface area contributed by atoms with Gasteiger partial charge >= 0.3 is 0 Å². The molecule has 4 N–H and O–H groups in total. The van der Waals surface area contributed by atoms with Gasteiger partial charge in [-0.05, 0) is 70.8 Å². The molecule has 0 bridgehead atoms. The molecule has 0 saturated heterocycles. The lowest BCUT2D eigenvalue weighted by molar-refractivity contribution is 0.474. The number of phenols is 4. The molecule has 4 nitrogen and oxygen atoms in total. The number of benzene rings is 4. The molecule has 6 heteroatoms. The van der Waals surface area contributed by atoms with Crippen LogP contribution < -0.4 is 0 Å². The number of aromatic hydroxyl groups is 4. The summed E-state index contributed by atoms with van der Waals surface area (Å²) in [6, 6.07) is 24.1. The van der Waals surface area contributed by atoms with E-state index in [4.69, 9.17) is 23.2 Å². The van der Waals surface area contributed by atoms with Crippen LogP contribution in [0.2, 0.25) is 10.0 Å². The summed E-state index contributed by atoms with van der Waals surface area (Å²) >= 11 is 12.2. The first-order valence-electron chi connectivity index (χ1n) is 10.7. The van der Waals surface area contributed by atoms with Gasteiger partial charge in [-0.15, -0.1) is 0 Å². The van der Waals surface area contributed by atoms with Gasteiger partial charge in [-0.3, -0.25) is 0 Å². The first-order chi connectivity index (χ1) is 16.2. The molecule has 4 aromatic rings. The monoisotopic (exact) mass is 496 g/mol. The number of phenolic OH excluding ortho intramolecular Hbond substituents is 4. The first kappa shape index (κ1) is 25.3. The molecule has 0 fully saturated rings. The van der Waals surface area contributed by atoms with E-state index in [1.165, 1.54) is 12.1 Å². The predicted molar refractivity (Wildman–Crippen MR) is 137 cm³/mol. The molecule has 0 spiro atoms. The Balaban J connectivity index is 0.000000192. The van der Waals surface area contributed by atoms with E-state index in [1.807, 2.05) is 31.2 Å². The number of hydrogen-bond acceptors (Lipinski definition) is 4. The predicted octanol–water partition coefficient (Wildman–Crippen LogP) is 7.81. The number of hydrogen-bond donors (Lipinski definition) is 4. The summed E-state index contributed by atoms with van der Waals surface area (Å²) in [5.74, 6) is 1.05. The van der Waals surface area contributed by atoms with Gasteiger partial charge in [-0.2, -0.15) is 0 Å². The summed E-state index contributed by atoms with van der Waals surface area (Å²) in [5.41, 5.74) is 4.04. The third-order valence-corrected chi connectivity index (χ3v) is 6.34. The molecule has 0 saturated carbocycles. The quantitative estimate of drug-likeness (QED) is 0.232. The fourth-order valence-electron chi connectivity index (χ4n) is 3.62. The van der Waals surface area contributed by atoms with Gasteiger partial charge in [0.1, 0.15) is 23.0 Å². The molecular weight excluding hydrogens is 471 g/mol. The Bertz CT molecular complexity index is 1140. The lowest BCUT2D eigenvalue weighted by Crippen LogP contribution is -1.97. The van der Waals surface area contributed by atoms with Crippen LogP contribution in [0, 0.1) is 0 Å². The average Bonchev–Trinajstić information content (AvgIpc) is 2.80. The number of halogens is 2. The van der Waals surface area contributed by atoms with Gasteiger partial charge < -0.3 is 20.4 Å². The lowest BCUT2D eigenvalue weighted by atomic mass is 9.93. The van der Waals surface area contributed by atoms with Crippen LogP contribution in [0.4, 0.5) is 0 Å². The molecule has 0 atom stereocenters. The van der Waals surface area contributed by atoms with E-state index in [1.54, 1.807) is 48.5 Å². The topological polar surface area (TPSA) is 80.9 Å². The van der Waals surface area contributed by atoms with Crippen LogP contribution in [0.3, 0.4) is 0 Å². The van der Waals surface area contributed by atoms with Crippen molar-refractivity contribution in [3.8, 4) is 23.0 Å². The second-order valence-electron chi connectivity index (χ2n) is 8.04. The van der Waals surface area contributed by atoms with Crippen LogP contribution in [0.1, 0.15) is 47.9 Å². The molecule has 0 heterocycles. The zero-order chi connectivity index (χ0) is 24.8. The standard InChI is InChI=1S/C14H12Cl2O2.C14H14O2/c1-8(11-4-2-9(17)6-13(11)15)12-5-3-10(18)7-14(12)16;1-10(11-2-6-13(15)7-3-11)12-4-8-14(16)9-5-12/h2-8,17-18H,1H3;2-10,15-16H,1H3. The molecule has 0 aliphatic rings. The lowest BCUT2D eigenvalue weighted by Gasteiger charge is -2.16. The Morgan fingerprint density at radius 1 is 0.471 bits per heavy atom. The minimum absolute atomic E-state index is 0.0220.